The van der Waals surface area contributed by atoms with Crippen LogP contribution in [0.2, 0.25) is 10.0 Å². The van der Waals surface area contributed by atoms with Gasteiger partial charge in [-0.15, -0.1) is 10.2 Å². The van der Waals surface area contributed by atoms with Gasteiger partial charge in [-0.1, -0.05) is 23.2 Å². The summed E-state index contributed by atoms with van der Waals surface area (Å²) in [5.74, 6) is 0.521. The summed E-state index contributed by atoms with van der Waals surface area (Å²) >= 11 is 11.9. The first-order valence-electron chi connectivity index (χ1n) is 4.62. The quantitative estimate of drug-likeness (QED) is 0.806. The number of halogens is 2. The van der Waals surface area contributed by atoms with Gasteiger partial charge >= 0.3 is 0 Å². The minimum absolute atomic E-state index is 0.435. The molecular weight excluding hydrogens is 263 g/mol. The number of methoxy groups -OCH3 is 1. The molecule has 1 aromatic heterocycles. The fraction of sp³-hybridized carbons (Fsp3) is 0.100. The molecular formula is C10H8Cl2N4O. The summed E-state index contributed by atoms with van der Waals surface area (Å²) in [5.41, 5.74) is 0.679. The molecule has 2 rings (SSSR count). The molecule has 5 nitrogen and oxygen atoms in total. The van der Waals surface area contributed by atoms with Crippen LogP contribution < -0.4 is 4.74 Å². The number of benzene rings is 1. The summed E-state index contributed by atoms with van der Waals surface area (Å²) in [4.78, 5) is 0. The van der Waals surface area contributed by atoms with E-state index in [4.69, 9.17) is 27.9 Å². The van der Waals surface area contributed by atoms with Gasteiger partial charge in [0.05, 0.1) is 18.3 Å². The van der Waals surface area contributed by atoms with Crippen molar-refractivity contribution < 1.29 is 4.74 Å². The Morgan fingerprint density at radius 1 is 1.29 bits per heavy atom. The molecule has 0 unspecified atom stereocenters. The van der Waals surface area contributed by atoms with Crippen LogP contribution >= 0.6 is 23.2 Å². The monoisotopic (exact) mass is 270 g/mol. The van der Waals surface area contributed by atoms with Crippen molar-refractivity contribution in [3.8, 4) is 5.75 Å². The summed E-state index contributed by atoms with van der Waals surface area (Å²) in [6, 6.07) is 3.32. The second kappa shape index (κ2) is 5.16. The lowest BCUT2D eigenvalue weighted by Crippen LogP contribution is -1.94. The van der Waals surface area contributed by atoms with E-state index in [1.165, 1.54) is 24.4 Å². The molecule has 0 aliphatic carbocycles. The SMILES string of the molecule is COc1c(Cl)cc(Cl)cc1/C=N/n1cnnc1. The Morgan fingerprint density at radius 3 is 2.65 bits per heavy atom. The van der Waals surface area contributed by atoms with E-state index in [-0.39, 0.29) is 0 Å². The average Bonchev–Trinajstić information content (AvgIpc) is 2.78. The van der Waals surface area contributed by atoms with Gasteiger partial charge in [0.25, 0.3) is 0 Å². The van der Waals surface area contributed by atoms with Crippen molar-refractivity contribution in [3.05, 3.63) is 40.4 Å². The Hall–Kier alpha value is -1.59. The van der Waals surface area contributed by atoms with Gasteiger partial charge < -0.3 is 4.74 Å². The number of nitrogens with zero attached hydrogens (tertiary/aromatic N) is 4. The van der Waals surface area contributed by atoms with Gasteiger partial charge in [0, 0.05) is 10.6 Å². The van der Waals surface area contributed by atoms with Crippen LogP contribution in [-0.2, 0) is 0 Å². The Kier molecular flexibility index (Phi) is 3.61. The van der Waals surface area contributed by atoms with Crippen molar-refractivity contribution in [2.24, 2.45) is 5.10 Å². The molecule has 0 radical (unpaired) electrons. The zero-order chi connectivity index (χ0) is 12.3. The first kappa shape index (κ1) is 11.9. The number of hydrogen-bond acceptors (Lipinski definition) is 4. The van der Waals surface area contributed by atoms with E-state index in [2.05, 4.69) is 15.3 Å². The number of rotatable bonds is 3. The topological polar surface area (TPSA) is 52.3 Å². The Morgan fingerprint density at radius 2 is 2.00 bits per heavy atom. The van der Waals surface area contributed by atoms with Crippen LogP contribution in [0.4, 0.5) is 0 Å². The fourth-order valence-corrected chi connectivity index (χ4v) is 1.86. The maximum Gasteiger partial charge on any atom is 0.146 e. The number of aromatic nitrogens is 3. The van der Waals surface area contributed by atoms with Crippen LogP contribution in [0.5, 0.6) is 5.75 Å². The predicted molar refractivity (Wildman–Crippen MR) is 66.0 cm³/mol. The van der Waals surface area contributed by atoms with Gasteiger partial charge in [-0.05, 0) is 12.1 Å². The first-order valence-corrected chi connectivity index (χ1v) is 5.38. The van der Waals surface area contributed by atoms with Crippen molar-refractivity contribution in [2.45, 2.75) is 0 Å². The molecule has 0 aliphatic rings. The summed E-state index contributed by atoms with van der Waals surface area (Å²) in [7, 11) is 1.53. The van der Waals surface area contributed by atoms with Crippen molar-refractivity contribution in [3.63, 3.8) is 0 Å². The minimum atomic E-state index is 0.435. The van der Waals surface area contributed by atoms with Crippen molar-refractivity contribution in [1.82, 2.24) is 14.9 Å². The van der Waals surface area contributed by atoms with Crippen molar-refractivity contribution >= 4 is 29.4 Å². The molecule has 0 spiro atoms. The third-order valence-electron chi connectivity index (χ3n) is 1.98. The molecule has 1 aromatic carbocycles. The fourth-order valence-electron chi connectivity index (χ4n) is 1.28. The number of hydrogen-bond donors (Lipinski definition) is 0. The zero-order valence-corrected chi connectivity index (χ0v) is 10.4. The Bertz CT molecular complexity index is 539. The van der Waals surface area contributed by atoms with Gasteiger partial charge in [0.15, 0.2) is 0 Å². The standard InChI is InChI=1S/C10H8Cl2N4O/c1-17-10-7(2-8(11)3-9(10)12)4-15-16-5-13-14-6-16/h2-6H,1H3/b15-4+. The molecule has 0 fully saturated rings. The van der Waals surface area contributed by atoms with Crippen LogP contribution in [0.15, 0.2) is 29.9 Å². The highest BCUT2D eigenvalue weighted by atomic mass is 35.5. The van der Waals surface area contributed by atoms with Crippen molar-refractivity contribution in [2.75, 3.05) is 7.11 Å². The van der Waals surface area contributed by atoms with Gasteiger partial charge in [-0.3, -0.25) is 0 Å². The second-order valence-corrected chi connectivity index (χ2v) is 3.94. The third-order valence-corrected chi connectivity index (χ3v) is 2.48. The summed E-state index contributed by atoms with van der Waals surface area (Å²) < 4.78 is 6.63. The van der Waals surface area contributed by atoms with Crippen LogP contribution in [0.1, 0.15) is 5.56 Å². The lowest BCUT2D eigenvalue weighted by Gasteiger charge is -2.07. The minimum Gasteiger partial charge on any atom is -0.495 e. The van der Waals surface area contributed by atoms with Crippen LogP contribution in [0.25, 0.3) is 0 Å². The molecule has 0 saturated carbocycles. The van der Waals surface area contributed by atoms with Gasteiger partial charge in [0.1, 0.15) is 18.4 Å². The molecule has 0 saturated heterocycles. The predicted octanol–water partition coefficient (Wildman–Crippen LogP) is 2.48. The molecule has 0 atom stereocenters. The smallest absolute Gasteiger partial charge is 0.146 e. The molecule has 0 N–H and O–H groups in total. The third kappa shape index (κ3) is 2.75. The molecule has 0 bridgehead atoms. The first-order chi connectivity index (χ1) is 8.20. The van der Waals surface area contributed by atoms with E-state index >= 15 is 0 Å². The second-order valence-electron chi connectivity index (χ2n) is 3.10. The lowest BCUT2D eigenvalue weighted by molar-refractivity contribution is 0.414. The maximum atomic E-state index is 5.99. The Labute approximate surface area is 108 Å². The molecule has 2 aromatic rings. The van der Waals surface area contributed by atoms with E-state index in [1.807, 2.05) is 0 Å². The summed E-state index contributed by atoms with van der Waals surface area (Å²) in [6.45, 7) is 0. The highest BCUT2D eigenvalue weighted by Crippen LogP contribution is 2.31. The van der Waals surface area contributed by atoms with Crippen molar-refractivity contribution in [1.29, 1.82) is 0 Å². The highest BCUT2D eigenvalue weighted by Gasteiger charge is 2.07. The van der Waals surface area contributed by atoms with Crippen LogP contribution in [-0.4, -0.2) is 28.2 Å². The molecule has 88 valence electrons. The molecule has 0 aliphatic heterocycles. The van der Waals surface area contributed by atoms with Gasteiger partial charge in [-0.2, -0.15) is 5.10 Å². The molecule has 17 heavy (non-hydrogen) atoms. The van der Waals surface area contributed by atoms with E-state index in [0.29, 0.717) is 21.4 Å². The Balaban J connectivity index is 2.38. The van der Waals surface area contributed by atoms with Crippen LogP contribution in [0.3, 0.4) is 0 Å². The average molecular weight is 271 g/mol. The lowest BCUT2D eigenvalue weighted by atomic mass is 10.2. The normalized spacial score (nSPS) is 11.0. The van der Waals surface area contributed by atoms with E-state index in [0.717, 1.165) is 0 Å². The molecule has 1 heterocycles. The molecule has 0 amide bonds. The van der Waals surface area contributed by atoms with Crippen LogP contribution in [0, 0.1) is 0 Å². The van der Waals surface area contributed by atoms with E-state index in [9.17, 15) is 0 Å². The maximum absolute atomic E-state index is 5.99. The van der Waals surface area contributed by atoms with Gasteiger partial charge in [-0.25, -0.2) is 4.68 Å². The molecule has 7 heteroatoms. The van der Waals surface area contributed by atoms with E-state index < -0.39 is 0 Å². The summed E-state index contributed by atoms with van der Waals surface area (Å²) in [6.07, 6.45) is 4.50. The summed E-state index contributed by atoms with van der Waals surface area (Å²) in [5, 5.41) is 12.3. The largest absolute Gasteiger partial charge is 0.495 e. The van der Waals surface area contributed by atoms with Gasteiger partial charge in [0.2, 0.25) is 0 Å². The highest BCUT2D eigenvalue weighted by molar-refractivity contribution is 6.36. The number of ether oxygens (including phenoxy) is 1. The zero-order valence-electron chi connectivity index (χ0n) is 8.84. The van der Waals surface area contributed by atoms with E-state index in [1.54, 1.807) is 18.3 Å².